The van der Waals surface area contributed by atoms with E-state index < -0.39 is 0 Å². The predicted octanol–water partition coefficient (Wildman–Crippen LogP) is 0.479. The van der Waals surface area contributed by atoms with E-state index in [9.17, 15) is 4.79 Å². The van der Waals surface area contributed by atoms with Crippen molar-refractivity contribution in [2.75, 3.05) is 26.7 Å². The molecule has 2 amide bonds. The molecule has 0 aromatic heterocycles. The maximum Gasteiger partial charge on any atom is 0.316 e. The van der Waals surface area contributed by atoms with Gasteiger partial charge < -0.3 is 16.0 Å². The topological polar surface area (TPSA) is 56.4 Å². The van der Waals surface area contributed by atoms with Gasteiger partial charge in [0.1, 0.15) is 0 Å². The van der Waals surface area contributed by atoms with Gasteiger partial charge in [-0.05, 0) is 45.8 Å². The van der Waals surface area contributed by atoms with Crippen molar-refractivity contribution in [2.24, 2.45) is 0 Å². The fourth-order valence-electron chi connectivity index (χ4n) is 2.61. The molecule has 5 nitrogen and oxygen atoms in total. The van der Waals surface area contributed by atoms with E-state index in [4.69, 9.17) is 0 Å². The normalized spacial score (nSPS) is 30.9. The molecule has 0 aromatic carbocycles. The third-order valence-electron chi connectivity index (χ3n) is 3.70. The first-order chi connectivity index (χ1) is 8.25. The number of likely N-dealkylation sites (tertiary alicyclic amines) is 1. The second kappa shape index (κ2) is 6.21. The van der Waals surface area contributed by atoms with Crippen molar-refractivity contribution in [3.05, 3.63) is 0 Å². The molecule has 98 valence electrons. The molecule has 17 heavy (non-hydrogen) atoms. The van der Waals surface area contributed by atoms with Crippen LogP contribution < -0.4 is 16.0 Å². The second-order valence-corrected chi connectivity index (χ2v) is 5.15. The Morgan fingerprint density at radius 2 is 2.12 bits per heavy atom. The van der Waals surface area contributed by atoms with Gasteiger partial charge in [0.15, 0.2) is 0 Å². The molecule has 0 aliphatic carbocycles. The maximum atomic E-state index is 11.8. The van der Waals surface area contributed by atoms with Crippen molar-refractivity contribution in [3.63, 3.8) is 0 Å². The number of nitrogens with one attached hydrogen (secondary N) is 3. The summed E-state index contributed by atoms with van der Waals surface area (Å²) in [6.07, 6.45) is 5.95. The van der Waals surface area contributed by atoms with Crippen molar-refractivity contribution in [1.29, 1.82) is 0 Å². The third kappa shape index (κ3) is 3.85. The molecular formula is C12H24N4O. The van der Waals surface area contributed by atoms with Gasteiger partial charge in [-0.15, -0.1) is 0 Å². The number of hydrogen-bond donors (Lipinski definition) is 3. The van der Waals surface area contributed by atoms with Gasteiger partial charge in [0.25, 0.3) is 0 Å². The predicted molar refractivity (Wildman–Crippen MR) is 67.8 cm³/mol. The van der Waals surface area contributed by atoms with Gasteiger partial charge in [-0.1, -0.05) is 6.42 Å². The second-order valence-electron chi connectivity index (χ2n) is 5.15. The zero-order valence-electron chi connectivity index (χ0n) is 10.7. The summed E-state index contributed by atoms with van der Waals surface area (Å²) in [5.41, 5.74) is 0. The van der Waals surface area contributed by atoms with Crippen molar-refractivity contribution < 1.29 is 4.79 Å². The highest BCUT2D eigenvalue weighted by Crippen LogP contribution is 2.11. The molecule has 0 radical (unpaired) electrons. The molecular weight excluding hydrogens is 216 g/mol. The van der Waals surface area contributed by atoms with Crippen molar-refractivity contribution >= 4 is 6.03 Å². The van der Waals surface area contributed by atoms with Gasteiger partial charge in [0.2, 0.25) is 0 Å². The molecule has 2 heterocycles. The number of hydrogen-bond acceptors (Lipinski definition) is 3. The summed E-state index contributed by atoms with van der Waals surface area (Å²) in [6.45, 7) is 3.05. The largest absolute Gasteiger partial charge is 0.334 e. The highest BCUT2D eigenvalue weighted by atomic mass is 16.2. The summed E-state index contributed by atoms with van der Waals surface area (Å²) >= 11 is 0. The van der Waals surface area contributed by atoms with Gasteiger partial charge in [0.05, 0.1) is 6.17 Å². The first-order valence-electron chi connectivity index (χ1n) is 6.73. The zero-order chi connectivity index (χ0) is 12.1. The minimum Gasteiger partial charge on any atom is -0.334 e. The monoisotopic (exact) mass is 240 g/mol. The van der Waals surface area contributed by atoms with Crippen LogP contribution in [0.1, 0.15) is 32.1 Å². The summed E-state index contributed by atoms with van der Waals surface area (Å²) in [7, 11) is 2.06. The van der Waals surface area contributed by atoms with Crippen molar-refractivity contribution in [1.82, 2.24) is 20.9 Å². The Labute approximate surface area is 103 Å². The molecule has 0 bridgehead atoms. The number of urea groups is 1. The summed E-state index contributed by atoms with van der Waals surface area (Å²) < 4.78 is 0. The van der Waals surface area contributed by atoms with Crippen LogP contribution in [0.3, 0.4) is 0 Å². The number of carbonyl (C=O) groups is 1. The van der Waals surface area contributed by atoms with Crippen LogP contribution in [0.4, 0.5) is 4.79 Å². The molecule has 5 heteroatoms. The third-order valence-corrected chi connectivity index (χ3v) is 3.70. The average molecular weight is 240 g/mol. The van der Waals surface area contributed by atoms with E-state index in [0.29, 0.717) is 0 Å². The molecule has 3 N–H and O–H groups in total. The highest BCUT2D eigenvalue weighted by molar-refractivity contribution is 5.74. The summed E-state index contributed by atoms with van der Waals surface area (Å²) in [5.74, 6) is 0. The van der Waals surface area contributed by atoms with Crippen LogP contribution in [-0.4, -0.2) is 49.8 Å². The standard InChI is InChI=1S/C12H24N4O/c1-16-8-4-6-11(16)15-12(17)14-10-5-2-3-7-13-9-10/h10-11,13H,2-9H2,1H3,(H2,14,15,17). The Hall–Kier alpha value is -0.810. The van der Waals surface area contributed by atoms with Gasteiger partial charge in [-0.3, -0.25) is 4.90 Å². The molecule has 0 aromatic rings. The van der Waals surface area contributed by atoms with E-state index in [2.05, 4.69) is 27.9 Å². The number of carbonyl (C=O) groups excluding carboxylic acids is 1. The van der Waals surface area contributed by atoms with Crippen LogP contribution in [0.25, 0.3) is 0 Å². The Bertz CT molecular complexity index is 251. The lowest BCUT2D eigenvalue weighted by Gasteiger charge is -2.23. The van der Waals surface area contributed by atoms with E-state index in [1.807, 2.05) is 0 Å². The maximum absolute atomic E-state index is 11.8. The smallest absolute Gasteiger partial charge is 0.316 e. The first-order valence-corrected chi connectivity index (χ1v) is 6.73. The van der Waals surface area contributed by atoms with E-state index in [1.165, 1.54) is 19.3 Å². The Morgan fingerprint density at radius 3 is 2.88 bits per heavy atom. The molecule has 2 fully saturated rings. The summed E-state index contributed by atoms with van der Waals surface area (Å²) in [5, 5.41) is 9.46. The van der Waals surface area contributed by atoms with Crippen LogP contribution >= 0.6 is 0 Å². The minimum atomic E-state index is -0.0163. The number of nitrogens with zero attached hydrogens (tertiary/aromatic N) is 1. The van der Waals surface area contributed by atoms with E-state index in [1.54, 1.807) is 0 Å². The molecule has 2 aliphatic rings. The molecule has 2 unspecified atom stereocenters. The number of rotatable bonds is 2. The van der Waals surface area contributed by atoms with Crippen molar-refractivity contribution in [2.45, 2.75) is 44.3 Å². The Morgan fingerprint density at radius 1 is 1.24 bits per heavy atom. The van der Waals surface area contributed by atoms with Crippen LogP contribution in [0.2, 0.25) is 0 Å². The van der Waals surface area contributed by atoms with Gasteiger partial charge in [0, 0.05) is 12.6 Å². The summed E-state index contributed by atoms with van der Waals surface area (Å²) in [4.78, 5) is 14.0. The lowest BCUT2D eigenvalue weighted by atomic mass is 10.1. The van der Waals surface area contributed by atoms with Crippen LogP contribution in [-0.2, 0) is 0 Å². The van der Waals surface area contributed by atoms with Crippen LogP contribution in [0, 0.1) is 0 Å². The average Bonchev–Trinajstić information content (AvgIpc) is 2.55. The SMILES string of the molecule is CN1CCCC1NC(=O)NC1CCCCNC1. The molecule has 2 aliphatic heterocycles. The van der Waals surface area contributed by atoms with Gasteiger partial charge in [-0.25, -0.2) is 4.79 Å². The van der Waals surface area contributed by atoms with Crippen LogP contribution in [0.15, 0.2) is 0 Å². The van der Waals surface area contributed by atoms with Crippen LogP contribution in [0.5, 0.6) is 0 Å². The fourth-order valence-corrected chi connectivity index (χ4v) is 2.61. The van der Waals surface area contributed by atoms with Gasteiger partial charge in [-0.2, -0.15) is 0 Å². The van der Waals surface area contributed by atoms with E-state index in [0.717, 1.165) is 32.5 Å². The quantitative estimate of drug-likeness (QED) is 0.658. The van der Waals surface area contributed by atoms with Gasteiger partial charge >= 0.3 is 6.03 Å². The fraction of sp³-hybridized carbons (Fsp3) is 0.917. The summed E-state index contributed by atoms with van der Waals surface area (Å²) in [6, 6.07) is 0.265. The lowest BCUT2D eigenvalue weighted by Crippen LogP contribution is -2.51. The van der Waals surface area contributed by atoms with E-state index >= 15 is 0 Å². The highest BCUT2D eigenvalue weighted by Gasteiger charge is 2.23. The molecule has 2 saturated heterocycles. The minimum absolute atomic E-state index is 0.0163. The first kappa shape index (κ1) is 12.6. The Balaban J connectivity index is 1.72. The molecule has 2 atom stereocenters. The lowest BCUT2D eigenvalue weighted by molar-refractivity contribution is 0.212. The van der Waals surface area contributed by atoms with E-state index in [-0.39, 0.29) is 18.2 Å². The Kier molecular flexibility index (Phi) is 4.62. The number of amides is 2. The van der Waals surface area contributed by atoms with Crippen molar-refractivity contribution in [3.8, 4) is 0 Å². The zero-order valence-corrected chi connectivity index (χ0v) is 10.7. The molecule has 0 spiro atoms. The molecule has 0 saturated carbocycles. The molecule has 2 rings (SSSR count).